The van der Waals surface area contributed by atoms with Gasteiger partial charge in [-0.15, -0.1) is 0 Å². The van der Waals surface area contributed by atoms with E-state index in [0.717, 1.165) is 18.8 Å². The summed E-state index contributed by atoms with van der Waals surface area (Å²) in [5.74, 6) is 0. The largest absolute Gasteiger partial charge is 1.00 e. The summed E-state index contributed by atoms with van der Waals surface area (Å²) in [7, 11) is 1.89. The first-order valence-corrected chi connectivity index (χ1v) is 6.40. The summed E-state index contributed by atoms with van der Waals surface area (Å²) in [6.45, 7) is 4.27. The van der Waals surface area contributed by atoms with E-state index in [1.54, 1.807) is 0 Å². The summed E-state index contributed by atoms with van der Waals surface area (Å²) in [4.78, 5) is 13.8. The van der Waals surface area contributed by atoms with Crippen molar-refractivity contribution >= 4 is 23.1 Å². The fourth-order valence-electron chi connectivity index (χ4n) is 2.46. The highest BCUT2D eigenvalue weighted by Gasteiger charge is 2.40. The Hall–Kier alpha value is -1.66. The molecule has 2 rings (SSSR count). The Balaban J connectivity index is 0.00000200. The SMILES string of the molecule is CC1CN(c2ccc(N)c(N)c2)CC[N+]1(C)C(N)=O.[Cl-]. The van der Waals surface area contributed by atoms with E-state index in [1.165, 1.54) is 0 Å². The second-order valence-corrected chi connectivity index (χ2v) is 5.44. The van der Waals surface area contributed by atoms with Crippen LogP contribution in [0.5, 0.6) is 0 Å². The van der Waals surface area contributed by atoms with Crippen LogP contribution in [0.15, 0.2) is 18.2 Å². The van der Waals surface area contributed by atoms with Crippen LogP contribution in [0.2, 0.25) is 0 Å². The van der Waals surface area contributed by atoms with Crippen LogP contribution in [-0.4, -0.2) is 43.2 Å². The van der Waals surface area contributed by atoms with Gasteiger partial charge in [0.25, 0.3) is 0 Å². The molecule has 1 aliphatic heterocycles. The minimum Gasteiger partial charge on any atom is -1.00 e. The van der Waals surface area contributed by atoms with Gasteiger partial charge in [0.15, 0.2) is 0 Å². The summed E-state index contributed by atoms with van der Waals surface area (Å²) in [6.07, 6.45) is 0. The van der Waals surface area contributed by atoms with Crippen LogP contribution >= 0.6 is 0 Å². The molecule has 0 saturated carbocycles. The predicted molar refractivity (Wildman–Crippen MR) is 77.6 cm³/mol. The van der Waals surface area contributed by atoms with E-state index < -0.39 is 0 Å². The summed E-state index contributed by atoms with van der Waals surface area (Å²) in [5.41, 5.74) is 19.3. The van der Waals surface area contributed by atoms with Gasteiger partial charge in [0.2, 0.25) is 0 Å². The molecule has 6 nitrogen and oxygen atoms in total. The molecule has 1 aromatic carbocycles. The van der Waals surface area contributed by atoms with Crippen molar-refractivity contribution in [3.05, 3.63) is 18.2 Å². The average Bonchev–Trinajstić information content (AvgIpc) is 2.36. The first-order chi connectivity index (χ1) is 8.84. The summed E-state index contributed by atoms with van der Waals surface area (Å²) >= 11 is 0. The number of quaternary nitrogens is 1. The van der Waals surface area contributed by atoms with Gasteiger partial charge in [0, 0.05) is 5.69 Å². The van der Waals surface area contributed by atoms with Crippen molar-refractivity contribution in [1.29, 1.82) is 0 Å². The summed E-state index contributed by atoms with van der Waals surface area (Å²) < 4.78 is 0.279. The molecular formula is C13H22ClN5O. The molecule has 0 radical (unpaired) electrons. The monoisotopic (exact) mass is 299 g/mol. The normalized spacial score (nSPS) is 25.9. The number of nitrogens with two attached hydrogens (primary N) is 3. The number of hydrogen-bond acceptors (Lipinski definition) is 4. The van der Waals surface area contributed by atoms with Gasteiger partial charge in [-0.2, -0.15) is 0 Å². The zero-order valence-corrected chi connectivity index (χ0v) is 12.6. The van der Waals surface area contributed by atoms with Crippen molar-refractivity contribution in [3.8, 4) is 0 Å². The molecule has 1 heterocycles. The minimum absolute atomic E-state index is 0. The van der Waals surface area contributed by atoms with E-state index >= 15 is 0 Å². The molecule has 112 valence electrons. The molecule has 1 saturated heterocycles. The summed E-state index contributed by atoms with van der Waals surface area (Å²) in [5, 5.41) is 0. The van der Waals surface area contributed by atoms with Crippen LogP contribution in [0.3, 0.4) is 0 Å². The van der Waals surface area contributed by atoms with Crippen molar-refractivity contribution in [2.45, 2.75) is 13.0 Å². The van der Waals surface area contributed by atoms with Gasteiger partial charge in [-0.1, -0.05) is 0 Å². The van der Waals surface area contributed by atoms with Crippen LogP contribution in [0.1, 0.15) is 6.92 Å². The predicted octanol–water partition coefficient (Wildman–Crippen LogP) is -2.41. The first-order valence-electron chi connectivity index (χ1n) is 6.40. The number of anilines is 3. The number of carbonyl (C=O) groups is 1. The van der Waals surface area contributed by atoms with E-state index in [2.05, 4.69) is 4.90 Å². The average molecular weight is 300 g/mol. The van der Waals surface area contributed by atoms with Crippen molar-refractivity contribution in [3.63, 3.8) is 0 Å². The van der Waals surface area contributed by atoms with Crippen LogP contribution in [0.4, 0.5) is 21.9 Å². The van der Waals surface area contributed by atoms with Crippen molar-refractivity contribution in [2.75, 3.05) is 43.0 Å². The van der Waals surface area contributed by atoms with E-state index in [-0.39, 0.29) is 29.0 Å². The van der Waals surface area contributed by atoms with Gasteiger partial charge < -0.3 is 34.5 Å². The van der Waals surface area contributed by atoms with Crippen molar-refractivity contribution in [1.82, 2.24) is 0 Å². The molecule has 1 aromatic rings. The van der Waals surface area contributed by atoms with Crippen LogP contribution in [-0.2, 0) is 0 Å². The molecule has 0 aliphatic carbocycles. The Morgan fingerprint density at radius 1 is 1.35 bits per heavy atom. The lowest BCUT2D eigenvalue weighted by molar-refractivity contribution is -0.854. The molecule has 0 aromatic heterocycles. The van der Waals surface area contributed by atoms with E-state index in [0.29, 0.717) is 17.9 Å². The molecule has 1 aliphatic rings. The third kappa shape index (κ3) is 2.76. The highest BCUT2D eigenvalue weighted by Crippen LogP contribution is 2.26. The molecule has 7 heteroatoms. The molecule has 20 heavy (non-hydrogen) atoms. The number of amides is 2. The lowest BCUT2D eigenvalue weighted by atomic mass is 10.1. The Morgan fingerprint density at radius 2 is 2.00 bits per heavy atom. The number of nitrogens with zero attached hydrogens (tertiary/aromatic N) is 2. The number of likely N-dealkylation sites (N-methyl/N-ethyl adjacent to an activating group) is 1. The highest BCUT2D eigenvalue weighted by molar-refractivity contribution is 5.70. The smallest absolute Gasteiger partial charge is 0.414 e. The Labute approximate surface area is 125 Å². The third-order valence-electron chi connectivity index (χ3n) is 4.23. The molecule has 2 amide bonds. The molecule has 1 fully saturated rings. The van der Waals surface area contributed by atoms with E-state index in [4.69, 9.17) is 17.2 Å². The number of benzene rings is 1. The van der Waals surface area contributed by atoms with Gasteiger partial charge in [-0.25, -0.2) is 9.28 Å². The molecule has 6 N–H and O–H groups in total. The molecule has 2 unspecified atom stereocenters. The van der Waals surface area contributed by atoms with Gasteiger partial charge in [-0.3, -0.25) is 0 Å². The maximum Gasteiger partial charge on any atom is 0.414 e. The van der Waals surface area contributed by atoms with Crippen LogP contribution < -0.4 is 34.5 Å². The number of hydrogen-bond donors (Lipinski definition) is 3. The second kappa shape index (κ2) is 5.76. The molecular weight excluding hydrogens is 278 g/mol. The van der Waals surface area contributed by atoms with Gasteiger partial charge in [-0.05, 0) is 25.1 Å². The van der Waals surface area contributed by atoms with Crippen molar-refractivity contribution in [2.24, 2.45) is 5.73 Å². The topological polar surface area (TPSA) is 98.4 Å². The zero-order chi connectivity index (χ0) is 14.2. The molecule has 0 bridgehead atoms. The number of nitrogen functional groups attached to an aromatic ring is 2. The first kappa shape index (κ1) is 16.4. The van der Waals surface area contributed by atoms with Crippen molar-refractivity contribution < 1.29 is 21.7 Å². The van der Waals surface area contributed by atoms with Gasteiger partial charge >= 0.3 is 6.03 Å². The maximum absolute atomic E-state index is 11.6. The number of halogens is 1. The standard InChI is InChI=1S/C13H21N5O.ClH/c1-9-8-17(5-6-18(9,2)13(16)19)10-3-4-11(14)12(15)7-10;/h3-4,7,9H,5-6,8,14-15H2,1-2H3,(H-,16,19);1H. The number of carbonyl (C=O) groups excluding carboxylic acids is 1. The lowest BCUT2D eigenvalue weighted by Crippen LogP contribution is -3.00. The Kier molecular flexibility index (Phi) is 4.73. The maximum atomic E-state index is 11.6. The lowest BCUT2D eigenvalue weighted by Gasteiger charge is -2.44. The number of rotatable bonds is 1. The third-order valence-corrected chi connectivity index (χ3v) is 4.23. The van der Waals surface area contributed by atoms with E-state index in [9.17, 15) is 4.79 Å². The highest BCUT2D eigenvalue weighted by atomic mass is 35.5. The number of primary amides is 1. The summed E-state index contributed by atoms with van der Waals surface area (Å²) in [6, 6.07) is 5.51. The number of piperazine rings is 1. The fraction of sp³-hybridized carbons (Fsp3) is 0.462. The zero-order valence-electron chi connectivity index (χ0n) is 11.8. The minimum atomic E-state index is -0.274. The van der Waals surface area contributed by atoms with Gasteiger partial charge in [0.05, 0.1) is 31.5 Å². The fourth-order valence-corrected chi connectivity index (χ4v) is 2.46. The Morgan fingerprint density at radius 3 is 2.50 bits per heavy atom. The van der Waals surface area contributed by atoms with Crippen LogP contribution in [0.25, 0.3) is 0 Å². The molecule has 0 spiro atoms. The van der Waals surface area contributed by atoms with Gasteiger partial charge in [0.1, 0.15) is 12.6 Å². The van der Waals surface area contributed by atoms with Crippen LogP contribution in [0, 0.1) is 0 Å². The molecule has 2 atom stereocenters. The quantitative estimate of drug-likeness (QED) is 0.397. The second-order valence-electron chi connectivity index (χ2n) is 5.44. The van der Waals surface area contributed by atoms with E-state index in [1.807, 2.05) is 32.2 Å². The Bertz CT molecular complexity index is 510. The number of urea groups is 1.